The molecule has 2 N–H and O–H groups in total. The smallest absolute Gasteiger partial charge is 0.255 e. The summed E-state index contributed by atoms with van der Waals surface area (Å²) >= 11 is 0. The van der Waals surface area contributed by atoms with Gasteiger partial charge in [0, 0.05) is 28.5 Å². The van der Waals surface area contributed by atoms with Gasteiger partial charge in [0.2, 0.25) is 5.91 Å². The molecule has 0 aliphatic rings. The van der Waals surface area contributed by atoms with Crippen LogP contribution in [0.2, 0.25) is 0 Å². The van der Waals surface area contributed by atoms with Crippen molar-refractivity contribution in [3.05, 3.63) is 83.9 Å². The molecule has 6 nitrogen and oxygen atoms in total. The molecule has 0 bridgehead atoms. The molecular formula is C27H27FN4O2. The maximum absolute atomic E-state index is 13.4. The molecule has 0 aliphatic heterocycles. The van der Waals surface area contributed by atoms with Crippen LogP contribution < -0.4 is 10.6 Å². The minimum absolute atomic E-state index is 0.00291. The van der Waals surface area contributed by atoms with E-state index in [1.807, 2.05) is 25.3 Å². The lowest BCUT2D eigenvalue weighted by Gasteiger charge is -2.13. The highest BCUT2D eigenvalue weighted by Crippen LogP contribution is 2.24. The quantitative estimate of drug-likeness (QED) is 0.351. The molecule has 0 atom stereocenters. The number of imidazole rings is 1. The Morgan fingerprint density at radius 3 is 2.15 bits per heavy atom. The number of nitrogens with zero attached hydrogens (tertiary/aromatic N) is 2. The van der Waals surface area contributed by atoms with Crippen molar-refractivity contribution < 1.29 is 14.0 Å². The fourth-order valence-electron chi connectivity index (χ4n) is 4.00. The zero-order valence-electron chi connectivity index (χ0n) is 19.4. The number of aryl methyl sites for hydroxylation is 1. The molecule has 0 spiro atoms. The molecule has 2 amide bonds. The van der Waals surface area contributed by atoms with Crippen molar-refractivity contribution in [3.63, 3.8) is 0 Å². The number of benzene rings is 3. The average Bonchev–Trinajstić information content (AvgIpc) is 3.16. The first-order valence-corrected chi connectivity index (χ1v) is 11.4. The van der Waals surface area contributed by atoms with Gasteiger partial charge in [0.25, 0.3) is 5.91 Å². The molecule has 1 heterocycles. The Kier molecular flexibility index (Phi) is 6.72. The summed E-state index contributed by atoms with van der Waals surface area (Å²) in [6.45, 7) is 5.86. The van der Waals surface area contributed by atoms with Crippen LogP contribution in [0.15, 0.2) is 66.7 Å². The van der Waals surface area contributed by atoms with E-state index in [9.17, 15) is 14.0 Å². The molecule has 34 heavy (non-hydrogen) atoms. The van der Waals surface area contributed by atoms with E-state index in [-0.39, 0.29) is 23.5 Å². The Morgan fingerprint density at radius 2 is 1.53 bits per heavy atom. The Bertz CT molecular complexity index is 1320. The van der Waals surface area contributed by atoms with Crippen LogP contribution in [0.4, 0.5) is 15.8 Å². The number of fused-ring (bicyclic) bond motifs is 1. The molecule has 4 aromatic rings. The zero-order valence-corrected chi connectivity index (χ0v) is 19.4. The predicted octanol–water partition coefficient (Wildman–Crippen LogP) is 6.10. The Hall–Kier alpha value is -4.00. The van der Waals surface area contributed by atoms with Crippen LogP contribution in [-0.4, -0.2) is 21.4 Å². The highest BCUT2D eigenvalue weighted by Gasteiger charge is 2.15. The minimum atomic E-state index is -0.313. The fourth-order valence-corrected chi connectivity index (χ4v) is 4.00. The number of carbonyl (C=O) groups is 2. The van der Waals surface area contributed by atoms with Crippen LogP contribution >= 0.6 is 0 Å². The summed E-state index contributed by atoms with van der Waals surface area (Å²) < 4.78 is 15.3. The third kappa shape index (κ3) is 4.83. The summed E-state index contributed by atoms with van der Waals surface area (Å²) in [6.07, 6.45) is 1.58. The van der Waals surface area contributed by atoms with E-state index < -0.39 is 0 Å². The molecule has 174 valence electrons. The van der Waals surface area contributed by atoms with Gasteiger partial charge in [-0.1, -0.05) is 13.8 Å². The van der Waals surface area contributed by atoms with Crippen LogP contribution in [0.25, 0.3) is 16.7 Å². The molecule has 7 heteroatoms. The lowest BCUT2D eigenvalue weighted by atomic mass is 10.0. The van der Waals surface area contributed by atoms with Crippen LogP contribution in [0.1, 0.15) is 42.9 Å². The molecule has 3 aromatic carbocycles. The Labute approximate surface area is 197 Å². The van der Waals surface area contributed by atoms with E-state index >= 15 is 0 Å². The van der Waals surface area contributed by atoms with Crippen molar-refractivity contribution in [2.75, 3.05) is 10.6 Å². The minimum Gasteiger partial charge on any atom is -0.326 e. The van der Waals surface area contributed by atoms with Crippen molar-refractivity contribution in [3.8, 4) is 5.69 Å². The van der Waals surface area contributed by atoms with E-state index in [1.165, 1.54) is 12.1 Å². The van der Waals surface area contributed by atoms with E-state index in [4.69, 9.17) is 0 Å². The van der Waals surface area contributed by atoms with Gasteiger partial charge in [-0.05, 0) is 86.5 Å². The molecule has 0 radical (unpaired) electrons. The number of halogens is 1. The highest BCUT2D eigenvalue weighted by atomic mass is 19.1. The zero-order chi connectivity index (χ0) is 24.2. The van der Waals surface area contributed by atoms with Gasteiger partial charge in [0.15, 0.2) is 0 Å². The first-order chi connectivity index (χ1) is 16.4. The summed E-state index contributed by atoms with van der Waals surface area (Å²) in [5.41, 5.74) is 4.06. The van der Waals surface area contributed by atoms with E-state index in [0.717, 1.165) is 35.4 Å². The standard InChI is InChI=1S/C27H27FN4O2/c1-4-18(5-2)26(33)30-21-9-11-22(12-10-21)31-27(34)19-6-15-24-25(16-19)32(17(3)29-24)23-13-7-20(28)8-14-23/h6-16,18H,4-5H2,1-3H3,(H,30,33)(H,31,34). The van der Waals surface area contributed by atoms with Crippen LogP contribution in [0, 0.1) is 18.7 Å². The second kappa shape index (κ2) is 9.87. The van der Waals surface area contributed by atoms with Crippen molar-refractivity contribution in [1.82, 2.24) is 9.55 Å². The van der Waals surface area contributed by atoms with E-state index in [1.54, 1.807) is 54.6 Å². The summed E-state index contributed by atoms with van der Waals surface area (Å²) in [7, 11) is 0. The maximum atomic E-state index is 13.4. The van der Waals surface area contributed by atoms with Crippen LogP contribution in [0.3, 0.4) is 0 Å². The van der Waals surface area contributed by atoms with Gasteiger partial charge in [0.05, 0.1) is 11.0 Å². The number of nitrogens with one attached hydrogen (secondary N) is 2. The van der Waals surface area contributed by atoms with Gasteiger partial charge in [-0.2, -0.15) is 0 Å². The normalized spacial score (nSPS) is 11.1. The topological polar surface area (TPSA) is 76.0 Å². The molecule has 1 aromatic heterocycles. The van der Waals surface area contributed by atoms with Crippen molar-refractivity contribution >= 4 is 34.2 Å². The molecular weight excluding hydrogens is 431 g/mol. The van der Waals surface area contributed by atoms with Gasteiger partial charge in [-0.25, -0.2) is 9.37 Å². The molecule has 0 saturated carbocycles. The largest absolute Gasteiger partial charge is 0.326 e. The molecule has 4 rings (SSSR count). The monoisotopic (exact) mass is 458 g/mol. The average molecular weight is 459 g/mol. The SMILES string of the molecule is CCC(CC)C(=O)Nc1ccc(NC(=O)c2ccc3nc(C)n(-c4ccc(F)cc4)c3c2)cc1. The number of carbonyl (C=O) groups excluding carboxylic acids is 2. The summed E-state index contributed by atoms with van der Waals surface area (Å²) in [6, 6.07) is 18.5. The van der Waals surface area contributed by atoms with Crippen LogP contribution in [0.5, 0.6) is 0 Å². The van der Waals surface area contributed by atoms with Gasteiger partial charge in [-0.3, -0.25) is 14.2 Å². The Balaban J connectivity index is 1.52. The molecule has 0 unspecified atom stereocenters. The first kappa shape index (κ1) is 23.2. The number of rotatable bonds is 7. The number of hydrogen-bond donors (Lipinski definition) is 2. The predicted molar refractivity (Wildman–Crippen MR) is 133 cm³/mol. The number of hydrogen-bond acceptors (Lipinski definition) is 3. The van der Waals surface area contributed by atoms with E-state index in [2.05, 4.69) is 15.6 Å². The first-order valence-electron chi connectivity index (χ1n) is 11.4. The summed E-state index contributed by atoms with van der Waals surface area (Å²) in [5.74, 6) is 0.154. The van der Waals surface area contributed by atoms with Crippen LogP contribution in [-0.2, 0) is 4.79 Å². The lowest BCUT2D eigenvalue weighted by Crippen LogP contribution is -2.21. The summed E-state index contributed by atoms with van der Waals surface area (Å²) in [5, 5.41) is 5.81. The van der Waals surface area contributed by atoms with Crippen molar-refractivity contribution in [1.29, 1.82) is 0 Å². The highest BCUT2D eigenvalue weighted by molar-refractivity contribution is 6.06. The molecule has 0 fully saturated rings. The number of amides is 2. The van der Waals surface area contributed by atoms with Gasteiger partial charge in [0.1, 0.15) is 11.6 Å². The number of aromatic nitrogens is 2. The van der Waals surface area contributed by atoms with Crippen molar-refractivity contribution in [2.24, 2.45) is 5.92 Å². The lowest BCUT2D eigenvalue weighted by molar-refractivity contribution is -0.120. The van der Waals surface area contributed by atoms with E-state index in [0.29, 0.717) is 16.9 Å². The third-order valence-corrected chi connectivity index (χ3v) is 5.94. The Morgan fingerprint density at radius 1 is 0.912 bits per heavy atom. The second-order valence-corrected chi connectivity index (χ2v) is 8.21. The maximum Gasteiger partial charge on any atom is 0.255 e. The second-order valence-electron chi connectivity index (χ2n) is 8.21. The fraction of sp³-hybridized carbons (Fsp3) is 0.222. The van der Waals surface area contributed by atoms with Gasteiger partial charge in [-0.15, -0.1) is 0 Å². The van der Waals surface area contributed by atoms with Gasteiger partial charge >= 0.3 is 0 Å². The molecule has 0 saturated heterocycles. The van der Waals surface area contributed by atoms with Gasteiger partial charge < -0.3 is 10.6 Å². The number of anilines is 2. The van der Waals surface area contributed by atoms with Crippen molar-refractivity contribution in [2.45, 2.75) is 33.6 Å². The summed E-state index contributed by atoms with van der Waals surface area (Å²) in [4.78, 5) is 29.8. The molecule has 0 aliphatic carbocycles. The third-order valence-electron chi connectivity index (χ3n) is 5.94.